The van der Waals surface area contributed by atoms with Crippen molar-refractivity contribution in [2.24, 2.45) is 0 Å². The van der Waals surface area contributed by atoms with Crippen LogP contribution in [0.1, 0.15) is 13.3 Å². The highest BCUT2D eigenvalue weighted by Gasteiger charge is 2.48. The van der Waals surface area contributed by atoms with Crippen molar-refractivity contribution in [1.82, 2.24) is 0 Å². The Morgan fingerprint density at radius 1 is 1.47 bits per heavy atom. The lowest BCUT2D eigenvalue weighted by atomic mass is 9.98. The van der Waals surface area contributed by atoms with Gasteiger partial charge >= 0.3 is 12.1 Å². The molecule has 0 aromatic heterocycles. The number of hydrogen-bond acceptors (Lipinski definition) is 3. The minimum Gasteiger partial charge on any atom is -0.449 e. The zero-order valence-corrected chi connectivity index (χ0v) is 8.80. The first kappa shape index (κ1) is 15.8. The number of esters is 1. The van der Waals surface area contributed by atoms with Crippen molar-refractivity contribution in [2.75, 3.05) is 0 Å². The van der Waals surface area contributed by atoms with E-state index in [1.54, 1.807) is 0 Å². The number of alkyl halides is 5. The molecule has 0 saturated carbocycles. The Balaban J connectivity index is 4.84. The van der Waals surface area contributed by atoms with Crippen LogP contribution in [0.25, 0.3) is 0 Å². The lowest BCUT2D eigenvalue weighted by Crippen LogP contribution is -2.44. The highest BCUT2D eigenvalue weighted by atomic mass is 19.4. The highest BCUT2D eigenvalue weighted by molar-refractivity contribution is 5.81. The summed E-state index contributed by atoms with van der Waals surface area (Å²) < 4.78 is 65.3. The molecule has 0 aromatic carbocycles. The molecule has 0 fully saturated rings. The molecule has 0 aromatic rings. The van der Waals surface area contributed by atoms with E-state index in [1.165, 1.54) is 0 Å². The van der Waals surface area contributed by atoms with E-state index in [0.29, 0.717) is 13.0 Å². The molecular weight excluding hydrogens is 251 g/mol. The summed E-state index contributed by atoms with van der Waals surface area (Å²) in [6, 6.07) is 0. The molecule has 0 bridgehead atoms. The van der Waals surface area contributed by atoms with Crippen LogP contribution in [0, 0.1) is 0 Å². The molecule has 0 aliphatic heterocycles. The molecule has 17 heavy (non-hydrogen) atoms. The molecular formula is C9H11F5O3. The number of rotatable bonds is 5. The largest absolute Gasteiger partial charge is 0.449 e. The maximum Gasteiger partial charge on any atom is 0.425 e. The molecule has 0 spiro atoms. The first-order chi connectivity index (χ1) is 7.50. The van der Waals surface area contributed by atoms with Crippen LogP contribution in [-0.2, 0) is 9.53 Å². The van der Waals surface area contributed by atoms with Crippen molar-refractivity contribution in [3.8, 4) is 0 Å². The number of carbonyl (C=O) groups is 1. The van der Waals surface area contributed by atoms with Gasteiger partial charge in [-0.15, -0.1) is 0 Å². The van der Waals surface area contributed by atoms with Gasteiger partial charge in [-0.2, -0.15) is 13.2 Å². The highest BCUT2D eigenvalue weighted by Crippen LogP contribution is 2.32. The fraction of sp³-hybridized carbons (Fsp3) is 0.667. The zero-order chi connectivity index (χ0) is 13.9. The Kier molecular flexibility index (Phi) is 5.06. The zero-order valence-electron chi connectivity index (χ0n) is 8.80. The summed E-state index contributed by atoms with van der Waals surface area (Å²) in [6.45, 7) is 3.40. The van der Waals surface area contributed by atoms with E-state index in [2.05, 4.69) is 11.3 Å². The van der Waals surface area contributed by atoms with E-state index < -0.39 is 36.7 Å². The molecule has 0 radical (unpaired) electrons. The van der Waals surface area contributed by atoms with Gasteiger partial charge in [-0.3, -0.25) is 0 Å². The molecule has 8 heteroatoms. The van der Waals surface area contributed by atoms with Crippen LogP contribution in [0.15, 0.2) is 12.7 Å². The maximum absolute atomic E-state index is 12.3. The van der Waals surface area contributed by atoms with E-state index in [-0.39, 0.29) is 0 Å². The van der Waals surface area contributed by atoms with Gasteiger partial charge in [0.25, 0.3) is 6.43 Å². The third-order valence-corrected chi connectivity index (χ3v) is 1.86. The average Bonchev–Trinajstić information content (AvgIpc) is 2.14. The van der Waals surface area contributed by atoms with Crippen molar-refractivity contribution in [2.45, 2.75) is 37.7 Å². The molecule has 100 valence electrons. The Bertz CT molecular complexity index is 285. The number of ether oxygens (including phenoxy) is 1. The molecule has 0 heterocycles. The van der Waals surface area contributed by atoms with Crippen molar-refractivity contribution in [3.63, 3.8) is 0 Å². The molecule has 0 amide bonds. The Morgan fingerprint density at radius 3 is 2.24 bits per heavy atom. The number of hydrogen-bond donors (Lipinski definition) is 1. The smallest absolute Gasteiger partial charge is 0.425 e. The molecule has 2 atom stereocenters. The number of aliphatic hydroxyl groups is 1. The summed E-state index contributed by atoms with van der Waals surface area (Å²) in [4.78, 5) is 10.6. The third kappa shape index (κ3) is 5.12. The minimum absolute atomic E-state index is 0.468. The van der Waals surface area contributed by atoms with Crippen molar-refractivity contribution < 1.29 is 36.6 Å². The van der Waals surface area contributed by atoms with Crippen LogP contribution in [0.3, 0.4) is 0 Å². The van der Waals surface area contributed by atoms with Gasteiger partial charge in [0.05, 0.1) is 0 Å². The monoisotopic (exact) mass is 262 g/mol. The van der Waals surface area contributed by atoms with Gasteiger partial charge in [-0.05, 0) is 6.92 Å². The van der Waals surface area contributed by atoms with Crippen LogP contribution in [0.5, 0.6) is 0 Å². The molecule has 1 N–H and O–H groups in total. The molecule has 0 rings (SSSR count). The minimum atomic E-state index is -5.04. The van der Waals surface area contributed by atoms with E-state index in [4.69, 9.17) is 5.11 Å². The summed E-state index contributed by atoms with van der Waals surface area (Å²) >= 11 is 0. The van der Waals surface area contributed by atoms with E-state index >= 15 is 0 Å². The van der Waals surface area contributed by atoms with Crippen LogP contribution >= 0.6 is 0 Å². The van der Waals surface area contributed by atoms with Gasteiger partial charge in [0.2, 0.25) is 6.10 Å². The van der Waals surface area contributed by atoms with Crippen LogP contribution in [0.4, 0.5) is 22.0 Å². The first-order valence-corrected chi connectivity index (χ1v) is 4.41. The Labute approximate surface area is 93.9 Å². The second kappa shape index (κ2) is 5.44. The number of carbonyl (C=O) groups excluding carboxylic acids is 1. The average molecular weight is 262 g/mol. The Hall–Kier alpha value is -1.18. The summed E-state index contributed by atoms with van der Waals surface area (Å²) in [5, 5.41) is 9.04. The summed E-state index contributed by atoms with van der Waals surface area (Å²) in [7, 11) is 0. The lowest BCUT2D eigenvalue weighted by Gasteiger charge is -2.28. The van der Waals surface area contributed by atoms with Gasteiger partial charge in [-0.1, -0.05) is 6.58 Å². The van der Waals surface area contributed by atoms with Crippen LogP contribution < -0.4 is 0 Å². The van der Waals surface area contributed by atoms with Crippen molar-refractivity contribution in [3.05, 3.63) is 12.7 Å². The van der Waals surface area contributed by atoms with E-state index in [1.807, 2.05) is 0 Å². The first-order valence-electron chi connectivity index (χ1n) is 4.41. The lowest BCUT2D eigenvalue weighted by molar-refractivity contribution is -0.236. The van der Waals surface area contributed by atoms with Gasteiger partial charge in [0, 0.05) is 12.5 Å². The predicted octanol–water partition coefficient (Wildman–Crippen LogP) is 2.05. The SMILES string of the molecule is C=CC(=O)OC(CC(C)(O)C(F)F)C(F)(F)F. The summed E-state index contributed by atoms with van der Waals surface area (Å²) in [5.74, 6) is -1.41. The second-order valence-electron chi connectivity index (χ2n) is 3.53. The predicted molar refractivity (Wildman–Crippen MR) is 47.4 cm³/mol. The third-order valence-electron chi connectivity index (χ3n) is 1.86. The van der Waals surface area contributed by atoms with Crippen molar-refractivity contribution in [1.29, 1.82) is 0 Å². The molecule has 0 aliphatic carbocycles. The molecule has 3 nitrogen and oxygen atoms in total. The van der Waals surface area contributed by atoms with Gasteiger partial charge in [0.1, 0.15) is 5.60 Å². The molecule has 2 unspecified atom stereocenters. The summed E-state index contributed by atoms with van der Waals surface area (Å²) in [6.07, 6.45) is -12.2. The van der Waals surface area contributed by atoms with E-state index in [0.717, 1.165) is 0 Å². The maximum atomic E-state index is 12.3. The van der Waals surface area contributed by atoms with Gasteiger partial charge in [0.15, 0.2) is 0 Å². The Morgan fingerprint density at radius 2 is 1.94 bits per heavy atom. The van der Waals surface area contributed by atoms with Gasteiger partial charge < -0.3 is 9.84 Å². The summed E-state index contributed by atoms with van der Waals surface area (Å²) in [5.41, 5.74) is -2.90. The van der Waals surface area contributed by atoms with Crippen LogP contribution in [0.2, 0.25) is 0 Å². The van der Waals surface area contributed by atoms with Crippen LogP contribution in [-0.4, -0.2) is 35.4 Å². The normalized spacial score (nSPS) is 17.4. The fourth-order valence-corrected chi connectivity index (χ4v) is 0.877. The van der Waals surface area contributed by atoms with Crippen molar-refractivity contribution >= 4 is 5.97 Å². The van der Waals surface area contributed by atoms with E-state index in [9.17, 15) is 26.7 Å². The fourth-order valence-electron chi connectivity index (χ4n) is 0.877. The quantitative estimate of drug-likeness (QED) is 0.468. The standard InChI is InChI=1S/C9H11F5O3/c1-3-6(15)17-5(9(12,13)14)4-8(2,16)7(10)11/h3,5,7,16H,1,4H2,2H3. The molecule has 0 aliphatic rings. The molecule has 0 saturated heterocycles. The number of halogens is 5. The second-order valence-corrected chi connectivity index (χ2v) is 3.53. The topological polar surface area (TPSA) is 46.5 Å². The van der Waals surface area contributed by atoms with Gasteiger partial charge in [-0.25, -0.2) is 13.6 Å².